The molecule has 0 aliphatic rings. The SMILES string of the molecule is C=NCCN(C)CCC(C)=O. The molecule has 0 aromatic rings. The first-order valence-corrected chi connectivity index (χ1v) is 3.77. The Labute approximate surface area is 68.1 Å². The Morgan fingerprint density at radius 3 is 2.64 bits per heavy atom. The van der Waals surface area contributed by atoms with Crippen LogP contribution in [0.1, 0.15) is 13.3 Å². The molecule has 0 amide bonds. The normalized spacial score (nSPS) is 10.1. The minimum Gasteiger partial charge on any atom is -0.304 e. The molecule has 0 unspecified atom stereocenters. The first-order chi connectivity index (χ1) is 5.16. The van der Waals surface area contributed by atoms with Gasteiger partial charge in [-0.05, 0) is 20.7 Å². The Kier molecular flexibility index (Phi) is 5.65. The Hall–Kier alpha value is -0.700. The highest BCUT2D eigenvalue weighted by Crippen LogP contribution is 1.87. The number of ketones is 1. The third-order valence-corrected chi connectivity index (χ3v) is 1.49. The molecule has 0 spiro atoms. The zero-order valence-electron chi connectivity index (χ0n) is 7.34. The van der Waals surface area contributed by atoms with Crippen LogP contribution >= 0.6 is 0 Å². The number of aliphatic imine (C=N–C) groups is 1. The van der Waals surface area contributed by atoms with Crippen LogP contribution in [0.3, 0.4) is 0 Å². The van der Waals surface area contributed by atoms with Crippen molar-refractivity contribution >= 4 is 12.5 Å². The molecule has 64 valence electrons. The van der Waals surface area contributed by atoms with Crippen LogP contribution in [0.4, 0.5) is 0 Å². The largest absolute Gasteiger partial charge is 0.304 e. The van der Waals surface area contributed by atoms with Crippen molar-refractivity contribution in [1.82, 2.24) is 4.90 Å². The van der Waals surface area contributed by atoms with Crippen molar-refractivity contribution in [1.29, 1.82) is 0 Å². The summed E-state index contributed by atoms with van der Waals surface area (Å²) in [4.78, 5) is 16.4. The summed E-state index contributed by atoms with van der Waals surface area (Å²) < 4.78 is 0. The summed E-state index contributed by atoms with van der Waals surface area (Å²) in [5, 5.41) is 0. The van der Waals surface area contributed by atoms with Crippen LogP contribution in [0.25, 0.3) is 0 Å². The zero-order valence-corrected chi connectivity index (χ0v) is 7.34. The molecule has 0 N–H and O–H groups in total. The van der Waals surface area contributed by atoms with Crippen molar-refractivity contribution in [3.8, 4) is 0 Å². The van der Waals surface area contributed by atoms with E-state index in [1.54, 1.807) is 6.92 Å². The van der Waals surface area contributed by atoms with Crippen LogP contribution in [0, 0.1) is 0 Å². The lowest BCUT2D eigenvalue weighted by molar-refractivity contribution is -0.117. The number of likely N-dealkylation sites (N-methyl/N-ethyl adjacent to an activating group) is 1. The first-order valence-electron chi connectivity index (χ1n) is 3.77. The van der Waals surface area contributed by atoms with Gasteiger partial charge in [0, 0.05) is 19.5 Å². The van der Waals surface area contributed by atoms with E-state index in [9.17, 15) is 4.79 Å². The number of carbonyl (C=O) groups is 1. The average molecular weight is 156 g/mol. The molecule has 0 aromatic carbocycles. The maximum atomic E-state index is 10.6. The van der Waals surface area contributed by atoms with Crippen LogP contribution in [0.15, 0.2) is 4.99 Å². The summed E-state index contributed by atoms with van der Waals surface area (Å²) in [6.07, 6.45) is 0.633. The highest BCUT2D eigenvalue weighted by Gasteiger charge is 1.98. The predicted octanol–water partition coefficient (Wildman–Crippen LogP) is 0.598. The standard InChI is InChI=1S/C8H16N2O/c1-8(11)4-6-10(3)7-5-9-2/h2,4-7H2,1,3H3. The summed E-state index contributed by atoms with van der Waals surface area (Å²) in [5.41, 5.74) is 0. The van der Waals surface area contributed by atoms with Gasteiger partial charge in [0.25, 0.3) is 0 Å². The summed E-state index contributed by atoms with van der Waals surface area (Å²) in [6, 6.07) is 0. The quantitative estimate of drug-likeness (QED) is 0.527. The fourth-order valence-electron chi connectivity index (χ4n) is 0.702. The predicted molar refractivity (Wildman–Crippen MR) is 47.2 cm³/mol. The molecule has 0 aromatic heterocycles. The molecular weight excluding hydrogens is 140 g/mol. The average Bonchev–Trinajstić information content (AvgIpc) is 1.97. The number of Topliss-reactive ketones (excluding diaryl/α,β-unsaturated/α-hetero) is 1. The second kappa shape index (κ2) is 6.04. The molecule has 0 aliphatic carbocycles. The van der Waals surface area contributed by atoms with Gasteiger partial charge in [-0.2, -0.15) is 0 Å². The van der Waals surface area contributed by atoms with Crippen molar-refractivity contribution in [2.45, 2.75) is 13.3 Å². The Bertz CT molecular complexity index is 134. The number of hydrogen-bond acceptors (Lipinski definition) is 3. The molecule has 0 saturated carbocycles. The van der Waals surface area contributed by atoms with E-state index < -0.39 is 0 Å². The second-order valence-electron chi connectivity index (χ2n) is 2.70. The van der Waals surface area contributed by atoms with E-state index in [4.69, 9.17) is 0 Å². The first kappa shape index (κ1) is 10.3. The van der Waals surface area contributed by atoms with E-state index >= 15 is 0 Å². The van der Waals surface area contributed by atoms with Gasteiger partial charge in [-0.1, -0.05) is 0 Å². The lowest BCUT2D eigenvalue weighted by Gasteiger charge is -2.13. The monoisotopic (exact) mass is 156 g/mol. The van der Waals surface area contributed by atoms with E-state index in [1.807, 2.05) is 7.05 Å². The topological polar surface area (TPSA) is 32.7 Å². The Balaban J connectivity index is 3.28. The Morgan fingerprint density at radius 1 is 1.55 bits per heavy atom. The minimum absolute atomic E-state index is 0.239. The molecule has 0 fully saturated rings. The van der Waals surface area contributed by atoms with Gasteiger partial charge in [0.2, 0.25) is 0 Å². The third kappa shape index (κ3) is 7.19. The molecule has 0 bridgehead atoms. The van der Waals surface area contributed by atoms with Crippen LogP contribution in [0.2, 0.25) is 0 Å². The molecule has 0 aliphatic heterocycles. The molecular formula is C8H16N2O. The highest BCUT2D eigenvalue weighted by atomic mass is 16.1. The summed E-state index contributed by atoms with van der Waals surface area (Å²) >= 11 is 0. The van der Waals surface area contributed by atoms with Crippen LogP contribution in [-0.4, -0.2) is 44.1 Å². The van der Waals surface area contributed by atoms with E-state index in [1.165, 1.54) is 0 Å². The number of rotatable bonds is 6. The fraction of sp³-hybridized carbons (Fsp3) is 0.750. The van der Waals surface area contributed by atoms with Gasteiger partial charge in [0.1, 0.15) is 5.78 Å². The zero-order chi connectivity index (χ0) is 8.69. The molecule has 11 heavy (non-hydrogen) atoms. The minimum atomic E-state index is 0.239. The number of nitrogens with zero attached hydrogens (tertiary/aromatic N) is 2. The van der Waals surface area contributed by atoms with Crippen LogP contribution in [-0.2, 0) is 4.79 Å². The maximum absolute atomic E-state index is 10.6. The third-order valence-electron chi connectivity index (χ3n) is 1.49. The molecule has 3 nitrogen and oxygen atoms in total. The second-order valence-corrected chi connectivity index (χ2v) is 2.70. The number of hydrogen-bond donors (Lipinski definition) is 0. The van der Waals surface area contributed by atoms with Crippen molar-refractivity contribution in [3.05, 3.63) is 0 Å². The molecule has 0 atom stereocenters. The Morgan fingerprint density at radius 2 is 2.18 bits per heavy atom. The van der Waals surface area contributed by atoms with Gasteiger partial charge < -0.3 is 4.90 Å². The molecule has 0 heterocycles. The van der Waals surface area contributed by atoms with E-state index in [-0.39, 0.29) is 5.78 Å². The van der Waals surface area contributed by atoms with Crippen molar-refractivity contribution in [2.75, 3.05) is 26.7 Å². The molecule has 0 rings (SSSR count). The van der Waals surface area contributed by atoms with E-state index in [0.717, 1.165) is 19.6 Å². The molecule has 0 radical (unpaired) electrons. The van der Waals surface area contributed by atoms with E-state index in [0.29, 0.717) is 6.42 Å². The van der Waals surface area contributed by atoms with Gasteiger partial charge in [0.05, 0.1) is 6.54 Å². The lowest BCUT2D eigenvalue weighted by atomic mass is 10.3. The molecule has 3 heteroatoms. The summed E-state index contributed by atoms with van der Waals surface area (Å²) in [6.45, 7) is 7.45. The fourth-order valence-corrected chi connectivity index (χ4v) is 0.702. The van der Waals surface area contributed by atoms with Gasteiger partial charge in [0.15, 0.2) is 0 Å². The maximum Gasteiger partial charge on any atom is 0.131 e. The highest BCUT2D eigenvalue weighted by molar-refractivity contribution is 5.75. The van der Waals surface area contributed by atoms with Crippen molar-refractivity contribution in [3.63, 3.8) is 0 Å². The lowest BCUT2D eigenvalue weighted by Crippen LogP contribution is -2.23. The van der Waals surface area contributed by atoms with E-state index in [2.05, 4.69) is 16.6 Å². The van der Waals surface area contributed by atoms with Crippen molar-refractivity contribution < 1.29 is 4.79 Å². The van der Waals surface area contributed by atoms with Gasteiger partial charge in [-0.25, -0.2) is 0 Å². The van der Waals surface area contributed by atoms with Crippen LogP contribution in [0.5, 0.6) is 0 Å². The smallest absolute Gasteiger partial charge is 0.131 e. The van der Waals surface area contributed by atoms with Crippen molar-refractivity contribution in [2.24, 2.45) is 4.99 Å². The summed E-state index contributed by atoms with van der Waals surface area (Å²) in [7, 11) is 1.98. The molecule has 0 saturated heterocycles. The number of carbonyl (C=O) groups excluding carboxylic acids is 1. The van der Waals surface area contributed by atoms with Crippen LogP contribution < -0.4 is 0 Å². The van der Waals surface area contributed by atoms with Gasteiger partial charge in [-0.3, -0.25) is 9.79 Å². The van der Waals surface area contributed by atoms with Gasteiger partial charge in [-0.15, -0.1) is 0 Å². The van der Waals surface area contributed by atoms with Gasteiger partial charge >= 0.3 is 0 Å². The summed E-state index contributed by atoms with van der Waals surface area (Å²) in [5.74, 6) is 0.239.